The molecule has 7 nitrogen and oxygen atoms in total. The molecular formula is C22H25N3O4. The molecule has 1 aliphatic heterocycles. The third kappa shape index (κ3) is 3.90. The number of benzene rings is 1. The van der Waals surface area contributed by atoms with Crippen LogP contribution in [0.5, 0.6) is 11.5 Å². The van der Waals surface area contributed by atoms with Gasteiger partial charge in [-0.3, -0.25) is 14.6 Å². The number of rotatable bonds is 7. The van der Waals surface area contributed by atoms with Crippen molar-refractivity contribution in [2.24, 2.45) is 5.73 Å². The maximum absolute atomic E-state index is 12.9. The first-order valence-corrected chi connectivity index (χ1v) is 9.93. The Bertz CT molecular complexity index is 924. The zero-order valence-electron chi connectivity index (χ0n) is 16.5. The van der Waals surface area contributed by atoms with E-state index in [1.807, 2.05) is 18.2 Å². The summed E-state index contributed by atoms with van der Waals surface area (Å²) in [7, 11) is 1.59. The number of nitrogens with zero attached hydrogens (tertiary/aromatic N) is 2. The van der Waals surface area contributed by atoms with Gasteiger partial charge < -0.3 is 20.1 Å². The van der Waals surface area contributed by atoms with E-state index in [4.69, 9.17) is 15.2 Å². The van der Waals surface area contributed by atoms with Gasteiger partial charge in [-0.1, -0.05) is 6.07 Å². The van der Waals surface area contributed by atoms with Gasteiger partial charge in [0.1, 0.15) is 0 Å². The Labute approximate surface area is 169 Å². The van der Waals surface area contributed by atoms with Crippen LogP contribution in [0.15, 0.2) is 36.7 Å². The second-order valence-electron chi connectivity index (χ2n) is 7.59. The number of fused-ring (bicyclic) bond motifs is 1. The summed E-state index contributed by atoms with van der Waals surface area (Å²) in [6, 6.07) is 6.80. The first kappa shape index (κ1) is 19.2. The fraction of sp³-hybridized carbons (Fsp3) is 0.409. The van der Waals surface area contributed by atoms with Crippen LogP contribution in [-0.4, -0.2) is 34.9 Å². The molecule has 0 saturated heterocycles. The minimum Gasteiger partial charge on any atom is -0.493 e. The van der Waals surface area contributed by atoms with Crippen LogP contribution in [0.3, 0.4) is 0 Å². The molecule has 2 aromatic rings. The van der Waals surface area contributed by atoms with E-state index in [-0.39, 0.29) is 18.4 Å². The SMILES string of the molecule is COc1cc(C(CC(N)=O)N2Cc3cnccc3C2=O)ccc1OC1CCCC1. The van der Waals surface area contributed by atoms with E-state index in [2.05, 4.69) is 4.98 Å². The van der Waals surface area contributed by atoms with Crippen LogP contribution < -0.4 is 15.2 Å². The number of aromatic nitrogens is 1. The molecule has 1 aliphatic carbocycles. The van der Waals surface area contributed by atoms with Crippen molar-refractivity contribution in [2.75, 3.05) is 7.11 Å². The van der Waals surface area contributed by atoms with Crippen molar-refractivity contribution >= 4 is 11.8 Å². The number of hydrogen-bond donors (Lipinski definition) is 1. The van der Waals surface area contributed by atoms with Gasteiger partial charge in [0, 0.05) is 30.1 Å². The Hall–Kier alpha value is -3.09. The zero-order valence-corrected chi connectivity index (χ0v) is 16.5. The molecule has 1 saturated carbocycles. The van der Waals surface area contributed by atoms with Crippen LogP contribution >= 0.6 is 0 Å². The number of carbonyl (C=O) groups excluding carboxylic acids is 2. The highest BCUT2D eigenvalue weighted by Gasteiger charge is 2.34. The van der Waals surface area contributed by atoms with Crippen LogP contribution in [0.2, 0.25) is 0 Å². The van der Waals surface area contributed by atoms with Crippen molar-refractivity contribution in [1.29, 1.82) is 0 Å². The summed E-state index contributed by atoms with van der Waals surface area (Å²) < 4.78 is 11.7. The van der Waals surface area contributed by atoms with E-state index >= 15 is 0 Å². The Balaban J connectivity index is 1.63. The molecule has 7 heteroatoms. The summed E-state index contributed by atoms with van der Waals surface area (Å²) >= 11 is 0. The lowest BCUT2D eigenvalue weighted by Crippen LogP contribution is -2.32. The molecule has 152 valence electrons. The first-order chi connectivity index (χ1) is 14.1. The lowest BCUT2D eigenvalue weighted by molar-refractivity contribution is -0.119. The van der Waals surface area contributed by atoms with Crippen LogP contribution in [-0.2, 0) is 11.3 Å². The van der Waals surface area contributed by atoms with E-state index in [1.165, 1.54) is 12.8 Å². The van der Waals surface area contributed by atoms with Crippen molar-refractivity contribution in [3.05, 3.63) is 53.3 Å². The van der Waals surface area contributed by atoms with Crippen LogP contribution in [0, 0.1) is 0 Å². The molecule has 1 fully saturated rings. The van der Waals surface area contributed by atoms with E-state index < -0.39 is 11.9 Å². The highest BCUT2D eigenvalue weighted by molar-refractivity contribution is 5.98. The summed E-state index contributed by atoms with van der Waals surface area (Å²) in [5.74, 6) is 0.678. The van der Waals surface area contributed by atoms with Gasteiger partial charge in [-0.05, 0) is 49.4 Å². The minimum absolute atomic E-state index is 0.0269. The fourth-order valence-electron chi connectivity index (χ4n) is 4.20. The molecule has 1 unspecified atom stereocenters. The molecule has 0 bridgehead atoms. The highest BCUT2D eigenvalue weighted by Crippen LogP contribution is 2.38. The number of carbonyl (C=O) groups is 2. The lowest BCUT2D eigenvalue weighted by Gasteiger charge is -2.28. The summed E-state index contributed by atoms with van der Waals surface area (Å²) in [6.45, 7) is 0.391. The molecule has 1 aromatic carbocycles. The fourth-order valence-corrected chi connectivity index (χ4v) is 4.20. The highest BCUT2D eigenvalue weighted by atomic mass is 16.5. The number of amides is 2. The average molecular weight is 395 g/mol. The lowest BCUT2D eigenvalue weighted by atomic mass is 10.0. The topological polar surface area (TPSA) is 94.8 Å². The number of pyridine rings is 1. The Morgan fingerprint density at radius 1 is 1.28 bits per heavy atom. The maximum atomic E-state index is 12.9. The van der Waals surface area contributed by atoms with Crippen molar-refractivity contribution in [3.63, 3.8) is 0 Å². The Kier molecular flexibility index (Phi) is 5.38. The molecule has 2 aliphatic rings. The molecule has 4 rings (SSSR count). The van der Waals surface area contributed by atoms with E-state index in [9.17, 15) is 9.59 Å². The molecule has 29 heavy (non-hydrogen) atoms. The van der Waals surface area contributed by atoms with Gasteiger partial charge in [-0.25, -0.2) is 0 Å². The van der Waals surface area contributed by atoms with E-state index in [1.54, 1.807) is 30.5 Å². The second-order valence-corrected chi connectivity index (χ2v) is 7.59. The molecule has 0 spiro atoms. The zero-order chi connectivity index (χ0) is 20.4. The second kappa shape index (κ2) is 8.11. The number of ether oxygens (including phenoxy) is 2. The molecule has 1 aromatic heterocycles. The molecule has 2 heterocycles. The normalized spacial score (nSPS) is 17.3. The van der Waals surface area contributed by atoms with Crippen LogP contribution in [0.25, 0.3) is 0 Å². The van der Waals surface area contributed by atoms with Gasteiger partial charge in [-0.15, -0.1) is 0 Å². The third-order valence-electron chi connectivity index (χ3n) is 5.67. The van der Waals surface area contributed by atoms with E-state index in [0.717, 1.165) is 24.0 Å². The smallest absolute Gasteiger partial charge is 0.255 e. The predicted octanol–water partition coefficient (Wildman–Crippen LogP) is 2.98. The van der Waals surface area contributed by atoms with Crippen molar-refractivity contribution in [2.45, 2.75) is 50.8 Å². The number of methoxy groups -OCH3 is 1. The molecule has 0 radical (unpaired) electrons. The molecular weight excluding hydrogens is 370 g/mol. The molecule has 2 N–H and O–H groups in total. The number of nitrogens with two attached hydrogens (primary N) is 1. The Morgan fingerprint density at radius 3 is 2.76 bits per heavy atom. The van der Waals surface area contributed by atoms with Crippen LogP contribution in [0.1, 0.15) is 59.6 Å². The largest absolute Gasteiger partial charge is 0.493 e. The number of primary amides is 1. The van der Waals surface area contributed by atoms with Gasteiger partial charge in [0.15, 0.2) is 11.5 Å². The number of hydrogen-bond acceptors (Lipinski definition) is 5. The van der Waals surface area contributed by atoms with Gasteiger partial charge in [0.05, 0.1) is 25.7 Å². The van der Waals surface area contributed by atoms with Crippen molar-refractivity contribution in [1.82, 2.24) is 9.88 Å². The van der Waals surface area contributed by atoms with Crippen molar-refractivity contribution in [3.8, 4) is 11.5 Å². The van der Waals surface area contributed by atoms with E-state index in [0.29, 0.717) is 23.6 Å². The predicted molar refractivity (Wildman–Crippen MR) is 107 cm³/mol. The average Bonchev–Trinajstić information content (AvgIpc) is 3.35. The summed E-state index contributed by atoms with van der Waals surface area (Å²) in [5.41, 5.74) is 7.76. The van der Waals surface area contributed by atoms with Gasteiger partial charge in [0.25, 0.3) is 5.91 Å². The quantitative estimate of drug-likeness (QED) is 0.778. The van der Waals surface area contributed by atoms with Gasteiger partial charge in [-0.2, -0.15) is 0 Å². The molecule has 2 amide bonds. The summed E-state index contributed by atoms with van der Waals surface area (Å²) in [6.07, 6.45) is 7.97. The van der Waals surface area contributed by atoms with Crippen LogP contribution in [0.4, 0.5) is 0 Å². The van der Waals surface area contributed by atoms with Gasteiger partial charge >= 0.3 is 0 Å². The standard InChI is InChI=1S/C22H25N3O4/c1-28-20-10-14(6-7-19(20)29-16-4-2-3-5-16)18(11-21(23)26)25-13-15-12-24-9-8-17(15)22(25)27/h6-10,12,16,18H,2-5,11,13H2,1H3,(H2,23,26). The third-order valence-corrected chi connectivity index (χ3v) is 5.67. The monoisotopic (exact) mass is 395 g/mol. The Morgan fingerprint density at radius 2 is 2.07 bits per heavy atom. The van der Waals surface area contributed by atoms with Crippen molar-refractivity contribution < 1.29 is 19.1 Å². The minimum atomic E-state index is -0.484. The molecule has 1 atom stereocenters. The van der Waals surface area contributed by atoms with Gasteiger partial charge in [0.2, 0.25) is 5.91 Å². The maximum Gasteiger partial charge on any atom is 0.255 e. The summed E-state index contributed by atoms with van der Waals surface area (Å²) in [4.78, 5) is 30.5. The summed E-state index contributed by atoms with van der Waals surface area (Å²) in [5, 5.41) is 0. The first-order valence-electron chi connectivity index (χ1n) is 9.93.